The van der Waals surface area contributed by atoms with Crippen LogP contribution in [0.5, 0.6) is 0 Å². The van der Waals surface area contributed by atoms with Crippen LogP contribution in [0.1, 0.15) is 98.8 Å². The number of carbonyl (C=O) groups is 1. The average Bonchev–Trinajstić information content (AvgIpc) is 2.37. The van der Waals surface area contributed by atoms with E-state index in [0.29, 0.717) is 12.3 Å². The third-order valence-electron chi connectivity index (χ3n) is 4.79. The van der Waals surface area contributed by atoms with Crippen LogP contribution >= 0.6 is 0 Å². The summed E-state index contributed by atoms with van der Waals surface area (Å²) in [5.41, 5.74) is 0. The molecule has 2 unspecified atom stereocenters. The lowest BCUT2D eigenvalue weighted by molar-refractivity contribution is -0.138. The van der Waals surface area contributed by atoms with E-state index in [4.69, 9.17) is 5.11 Å². The van der Waals surface area contributed by atoms with Crippen LogP contribution in [-0.4, -0.2) is 11.1 Å². The van der Waals surface area contributed by atoms with Crippen LogP contribution in [-0.2, 0) is 4.79 Å². The maximum atomic E-state index is 10.6. The highest BCUT2D eigenvalue weighted by atomic mass is 16.4. The van der Waals surface area contributed by atoms with Crippen LogP contribution in [0.3, 0.4) is 0 Å². The highest BCUT2D eigenvalue weighted by molar-refractivity contribution is 5.66. The van der Waals surface area contributed by atoms with E-state index in [1.807, 2.05) is 0 Å². The molecule has 0 aromatic carbocycles. The summed E-state index contributed by atoms with van der Waals surface area (Å²) in [5.74, 6) is 2.18. The van der Waals surface area contributed by atoms with Crippen LogP contribution < -0.4 is 0 Å². The van der Waals surface area contributed by atoms with Crippen LogP contribution in [0.15, 0.2) is 0 Å². The van der Waals surface area contributed by atoms with E-state index < -0.39 is 5.97 Å². The van der Waals surface area contributed by atoms with Gasteiger partial charge in [0.2, 0.25) is 0 Å². The molecule has 0 radical (unpaired) electrons. The van der Waals surface area contributed by atoms with Crippen LogP contribution in [0.4, 0.5) is 0 Å². The van der Waals surface area contributed by atoms with Crippen molar-refractivity contribution in [1.29, 1.82) is 0 Å². The zero-order valence-corrected chi connectivity index (χ0v) is 15.7. The first-order chi connectivity index (χ1) is 10.3. The highest BCUT2D eigenvalue weighted by Crippen LogP contribution is 2.22. The first kappa shape index (κ1) is 21.5. The van der Waals surface area contributed by atoms with Gasteiger partial charge in [0.15, 0.2) is 0 Å². The summed E-state index contributed by atoms with van der Waals surface area (Å²) in [7, 11) is 0. The molecule has 132 valence electrons. The summed E-state index contributed by atoms with van der Waals surface area (Å²) in [4.78, 5) is 10.6. The molecule has 0 aliphatic carbocycles. The smallest absolute Gasteiger partial charge is 0.303 e. The molecule has 0 aliphatic rings. The fourth-order valence-corrected chi connectivity index (χ4v) is 3.19. The van der Waals surface area contributed by atoms with Crippen molar-refractivity contribution in [2.24, 2.45) is 23.7 Å². The van der Waals surface area contributed by atoms with E-state index in [-0.39, 0.29) is 0 Å². The van der Waals surface area contributed by atoms with Crippen LogP contribution in [0.25, 0.3) is 0 Å². The fourth-order valence-electron chi connectivity index (χ4n) is 3.19. The lowest BCUT2D eigenvalue weighted by Gasteiger charge is -2.15. The van der Waals surface area contributed by atoms with Gasteiger partial charge in [-0.2, -0.15) is 0 Å². The Labute approximate surface area is 139 Å². The highest BCUT2D eigenvalue weighted by Gasteiger charge is 2.09. The maximum absolute atomic E-state index is 10.6. The Morgan fingerprint density at radius 1 is 0.682 bits per heavy atom. The summed E-state index contributed by atoms with van der Waals surface area (Å²) in [6, 6.07) is 0. The van der Waals surface area contributed by atoms with Crippen molar-refractivity contribution < 1.29 is 9.90 Å². The van der Waals surface area contributed by atoms with Crippen molar-refractivity contribution in [2.75, 3.05) is 0 Å². The van der Waals surface area contributed by atoms with Crippen LogP contribution in [0, 0.1) is 23.7 Å². The van der Waals surface area contributed by atoms with Gasteiger partial charge >= 0.3 is 5.97 Å². The summed E-state index contributed by atoms with van der Waals surface area (Å²) < 4.78 is 0. The van der Waals surface area contributed by atoms with E-state index in [9.17, 15) is 4.79 Å². The Morgan fingerprint density at radius 2 is 1.05 bits per heavy atom. The minimum absolute atomic E-state index is 0.322. The molecular weight excluding hydrogens is 272 g/mol. The van der Waals surface area contributed by atoms with Gasteiger partial charge in [-0.3, -0.25) is 4.79 Å². The van der Waals surface area contributed by atoms with E-state index in [1.54, 1.807) is 0 Å². The number of rotatable bonds is 14. The molecular formula is C20H40O2. The molecule has 0 heterocycles. The number of aliphatic carboxylic acids is 1. The van der Waals surface area contributed by atoms with Gasteiger partial charge < -0.3 is 5.11 Å². The van der Waals surface area contributed by atoms with Crippen molar-refractivity contribution >= 4 is 5.97 Å². The van der Waals surface area contributed by atoms with Crippen molar-refractivity contribution in [3.63, 3.8) is 0 Å². The topological polar surface area (TPSA) is 37.3 Å². The molecule has 22 heavy (non-hydrogen) atoms. The van der Waals surface area contributed by atoms with Gasteiger partial charge in [0.25, 0.3) is 0 Å². The summed E-state index contributed by atoms with van der Waals surface area (Å²) in [6.07, 6.45) is 12.0. The summed E-state index contributed by atoms with van der Waals surface area (Å²) >= 11 is 0. The number of carboxylic acid groups (broad SMARTS) is 1. The molecule has 0 amide bonds. The zero-order valence-electron chi connectivity index (χ0n) is 15.7. The lowest BCUT2D eigenvalue weighted by atomic mass is 9.91. The minimum atomic E-state index is -0.660. The molecule has 3 atom stereocenters. The molecule has 2 nitrogen and oxygen atoms in total. The Hall–Kier alpha value is -0.530. The first-order valence-electron chi connectivity index (χ1n) is 9.53. The van der Waals surface area contributed by atoms with Crippen molar-refractivity contribution in [3.05, 3.63) is 0 Å². The Morgan fingerprint density at radius 3 is 1.41 bits per heavy atom. The van der Waals surface area contributed by atoms with Gasteiger partial charge in [-0.15, -0.1) is 0 Å². The second-order valence-corrected chi connectivity index (χ2v) is 8.10. The predicted octanol–water partition coefficient (Wildman–Crippen LogP) is 6.54. The van der Waals surface area contributed by atoms with Gasteiger partial charge in [0.1, 0.15) is 0 Å². The fraction of sp³-hybridized carbons (Fsp3) is 0.950. The molecule has 0 aromatic heterocycles. The Balaban J connectivity index is 3.52. The number of hydrogen-bond donors (Lipinski definition) is 1. The third-order valence-corrected chi connectivity index (χ3v) is 4.79. The molecule has 0 rings (SSSR count). The molecule has 0 fully saturated rings. The molecule has 0 aliphatic heterocycles. The van der Waals surface area contributed by atoms with Gasteiger partial charge in [-0.25, -0.2) is 0 Å². The standard InChI is InChI=1S/C20H40O2/c1-16(2)9-6-10-17(3)11-7-12-18(4)13-8-14-19(5)15-20(21)22/h16-19H,6-15H2,1-5H3,(H,21,22)/t17?,18?,19-/m1/s1. The first-order valence-corrected chi connectivity index (χ1v) is 9.53. The molecule has 1 N–H and O–H groups in total. The monoisotopic (exact) mass is 312 g/mol. The number of hydrogen-bond acceptors (Lipinski definition) is 1. The van der Waals surface area contributed by atoms with E-state index in [1.165, 1.54) is 51.4 Å². The molecule has 0 saturated heterocycles. The molecule has 0 aromatic rings. The van der Waals surface area contributed by atoms with Crippen molar-refractivity contribution in [2.45, 2.75) is 98.8 Å². The molecule has 2 heteroatoms. The average molecular weight is 313 g/mol. The molecule has 0 bridgehead atoms. The number of carboxylic acids is 1. The van der Waals surface area contributed by atoms with Gasteiger partial charge in [-0.1, -0.05) is 92.4 Å². The lowest BCUT2D eigenvalue weighted by Crippen LogP contribution is -2.05. The van der Waals surface area contributed by atoms with Crippen LogP contribution in [0.2, 0.25) is 0 Å². The van der Waals surface area contributed by atoms with Crippen molar-refractivity contribution in [1.82, 2.24) is 0 Å². The van der Waals surface area contributed by atoms with E-state index in [0.717, 1.165) is 24.2 Å². The predicted molar refractivity (Wildman–Crippen MR) is 96.1 cm³/mol. The second kappa shape index (κ2) is 13.0. The Kier molecular flexibility index (Phi) is 12.6. The summed E-state index contributed by atoms with van der Waals surface area (Å²) in [5, 5.41) is 8.75. The third kappa shape index (κ3) is 14.4. The molecule has 0 saturated carbocycles. The SMILES string of the molecule is CC(C)CCCC(C)CCCC(C)CCC[C@@H](C)CC(=O)O. The Bertz CT molecular complexity index is 273. The molecule has 0 spiro atoms. The second-order valence-electron chi connectivity index (χ2n) is 8.10. The van der Waals surface area contributed by atoms with Gasteiger partial charge in [0.05, 0.1) is 0 Å². The quantitative estimate of drug-likeness (QED) is 0.395. The largest absolute Gasteiger partial charge is 0.481 e. The minimum Gasteiger partial charge on any atom is -0.481 e. The summed E-state index contributed by atoms with van der Waals surface area (Å²) in [6.45, 7) is 11.4. The maximum Gasteiger partial charge on any atom is 0.303 e. The van der Waals surface area contributed by atoms with Crippen molar-refractivity contribution in [3.8, 4) is 0 Å². The van der Waals surface area contributed by atoms with Gasteiger partial charge in [0, 0.05) is 6.42 Å². The zero-order chi connectivity index (χ0) is 17.0. The van der Waals surface area contributed by atoms with E-state index in [2.05, 4.69) is 34.6 Å². The van der Waals surface area contributed by atoms with Gasteiger partial charge in [-0.05, 0) is 23.7 Å². The van der Waals surface area contributed by atoms with E-state index >= 15 is 0 Å². The normalized spacial score (nSPS) is 15.7.